The van der Waals surface area contributed by atoms with Crippen LogP contribution in [0, 0.1) is 0 Å². The van der Waals surface area contributed by atoms with Crippen LogP contribution in [-0.2, 0) is 15.9 Å². The fourth-order valence-corrected chi connectivity index (χ4v) is 3.33. The molecule has 1 aliphatic rings. The second kappa shape index (κ2) is 14.4. The highest BCUT2D eigenvalue weighted by Gasteiger charge is 2.21. The number of halogens is 2. The molecule has 0 aromatic heterocycles. The summed E-state index contributed by atoms with van der Waals surface area (Å²) in [5, 5.41) is 4.23. The molecule has 7 heteroatoms. The summed E-state index contributed by atoms with van der Waals surface area (Å²) in [6.45, 7) is 7.22. The van der Waals surface area contributed by atoms with Crippen molar-refractivity contribution in [2.45, 2.75) is 38.7 Å². The Morgan fingerprint density at radius 3 is 2.67 bits per heavy atom. The number of nitrogens with zero attached hydrogens (tertiary/aromatic N) is 2. The van der Waals surface area contributed by atoms with Crippen molar-refractivity contribution in [3.63, 3.8) is 0 Å². The van der Waals surface area contributed by atoms with E-state index in [1.165, 1.54) is 0 Å². The number of likely N-dealkylation sites (tertiary alicyclic amines) is 1. The van der Waals surface area contributed by atoms with Gasteiger partial charge < -0.3 is 19.7 Å². The van der Waals surface area contributed by atoms with Crippen molar-refractivity contribution >= 4 is 41.5 Å². The number of benzene rings is 1. The maximum atomic E-state index is 6.23. The molecule has 0 saturated carbocycles. The number of rotatable bonds is 9. The Morgan fingerprint density at radius 1 is 1.26 bits per heavy atom. The van der Waals surface area contributed by atoms with E-state index < -0.39 is 0 Å². The topological polar surface area (TPSA) is 46.1 Å². The van der Waals surface area contributed by atoms with Crippen LogP contribution in [-0.4, -0.2) is 63.5 Å². The number of piperidine rings is 1. The van der Waals surface area contributed by atoms with Crippen molar-refractivity contribution < 1.29 is 9.47 Å². The van der Waals surface area contributed by atoms with E-state index >= 15 is 0 Å². The highest BCUT2D eigenvalue weighted by atomic mass is 127. The molecule has 1 aromatic rings. The first-order valence-corrected chi connectivity index (χ1v) is 9.99. The minimum Gasteiger partial charge on any atom is -0.385 e. The Balaban J connectivity index is 0.00000364. The Kier molecular flexibility index (Phi) is 13.1. The summed E-state index contributed by atoms with van der Waals surface area (Å²) in [5.74, 6) is 0.998. The van der Waals surface area contributed by atoms with Gasteiger partial charge in [-0.2, -0.15) is 0 Å². The van der Waals surface area contributed by atoms with Gasteiger partial charge in [0.15, 0.2) is 5.96 Å². The lowest BCUT2D eigenvalue weighted by molar-refractivity contribution is 0.00991. The van der Waals surface area contributed by atoms with Gasteiger partial charge in [-0.3, -0.25) is 4.99 Å². The third-order valence-electron chi connectivity index (χ3n) is 4.52. The smallest absolute Gasteiger partial charge is 0.193 e. The third kappa shape index (κ3) is 8.98. The van der Waals surface area contributed by atoms with E-state index in [-0.39, 0.29) is 24.0 Å². The highest BCUT2D eigenvalue weighted by molar-refractivity contribution is 14.0. The summed E-state index contributed by atoms with van der Waals surface area (Å²) in [4.78, 5) is 7.14. The first-order chi connectivity index (χ1) is 12.7. The van der Waals surface area contributed by atoms with Gasteiger partial charge in [0.1, 0.15) is 0 Å². The van der Waals surface area contributed by atoms with E-state index in [1.54, 1.807) is 7.11 Å². The molecular weight excluding hydrogens is 477 g/mol. The average molecular weight is 510 g/mol. The first-order valence-electron chi connectivity index (χ1n) is 9.61. The molecule has 1 N–H and O–H groups in total. The van der Waals surface area contributed by atoms with Gasteiger partial charge in [-0.25, -0.2) is 0 Å². The van der Waals surface area contributed by atoms with Crippen molar-refractivity contribution in [1.29, 1.82) is 0 Å². The molecule has 1 saturated heterocycles. The molecule has 0 bridgehead atoms. The molecule has 2 rings (SSSR count). The minimum atomic E-state index is 0. The van der Waals surface area contributed by atoms with Crippen molar-refractivity contribution in [3.8, 4) is 0 Å². The van der Waals surface area contributed by atoms with E-state index in [0.29, 0.717) is 6.10 Å². The Hall–Kier alpha value is -0.570. The van der Waals surface area contributed by atoms with Gasteiger partial charge in [-0.1, -0.05) is 29.8 Å². The summed E-state index contributed by atoms with van der Waals surface area (Å²) in [6, 6.07) is 7.98. The van der Waals surface area contributed by atoms with Gasteiger partial charge in [-0.05, 0) is 44.2 Å². The zero-order valence-corrected chi connectivity index (χ0v) is 19.5. The lowest BCUT2D eigenvalue weighted by Gasteiger charge is -2.34. The van der Waals surface area contributed by atoms with E-state index in [9.17, 15) is 0 Å². The van der Waals surface area contributed by atoms with Crippen LogP contribution in [0.15, 0.2) is 29.3 Å². The van der Waals surface area contributed by atoms with Crippen molar-refractivity contribution in [1.82, 2.24) is 10.2 Å². The number of hydrogen-bond acceptors (Lipinski definition) is 3. The number of nitrogens with one attached hydrogen (secondary N) is 1. The Labute approximate surface area is 185 Å². The quantitative estimate of drug-likeness (QED) is 0.237. The molecule has 0 aliphatic carbocycles. The molecule has 1 aromatic carbocycles. The van der Waals surface area contributed by atoms with Crippen LogP contribution in [0.2, 0.25) is 5.02 Å². The summed E-state index contributed by atoms with van der Waals surface area (Å²) in [5.41, 5.74) is 1.15. The van der Waals surface area contributed by atoms with Crippen LogP contribution in [0.3, 0.4) is 0 Å². The predicted molar refractivity (Wildman–Crippen MR) is 124 cm³/mol. The minimum absolute atomic E-state index is 0. The summed E-state index contributed by atoms with van der Waals surface area (Å²) >= 11 is 6.23. The average Bonchev–Trinajstić information content (AvgIpc) is 2.67. The zero-order valence-electron chi connectivity index (χ0n) is 16.5. The molecule has 1 fully saturated rings. The van der Waals surface area contributed by atoms with Gasteiger partial charge in [-0.15, -0.1) is 24.0 Å². The molecule has 0 amide bonds. The van der Waals surface area contributed by atoms with Crippen LogP contribution < -0.4 is 5.32 Å². The Bertz CT molecular complexity index is 552. The second-order valence-electron chi connectivity index (χ2n) is 6.48. The van der Waals surface area contributed by atoms with Crippen LogP contribution >= 0.6 is 35.6 Å². The van der Waals surface area contributed by atoms with E-state index in [1.807, 2.05) is 18.2 Å². The van der Waals surface area contributed by atoms with Gasteiger partial charge in [0, 0.05) is 51.5 Å². The monoisotopic (exact) mass is 509 g/mol. The van der Waals surface area contributed by atoms with Crippen LogP contribution in [0.1, 0.15) is 31.7 Å². The molecule has 154 valence electrons. The molecule has 1 heterocycles. The van der Waals surface area contributed by atoms with Gasteiger partial charge in [0.2, 0.25) is 0 Å². The van der Waals surface area contributed by atoms with Gasteiger partial charge >= 0.3 is 0 Å². The predicted octanol–water partition coefficient (Wildman–Crippen LogP) is 3.98. The van der Waals surface area contributed by atoms with Gasteiger partial charge in [0.25, 0.3) is 0 Å². The lowest BCUT2D eigenvalue weighted by atomic mass is 10.1. The normalized spacial score (nSPS) is 15.5. The van der Waals surface area contributed by atoms with Crippen molar-refractivity contribution in [3.05, 3.63) is 34.9 Å². The van der Waals surface area contributed by atoms with Crippen molar-refractivity contribution in [2.75, 3.05) is 46.5 Å². The lowest BCUT2D eigenvalue weighted by Crippen LogP contribution is -2.47. The van der Waals surface area contributed by atoms with Crippen LogP contribution in [0.25, 0.3) is 0 Å². The van der Waals surface area contributed by atoms with Gasteiger partial charge in [0.05, 0.1) is 6.10 Å². The van der Waals surface area contributed by atoms with E-state index in [0.717, 1.165) is 81.6 Å². The highest BCUT2D eigenvalue weighted by Crippen LogP contribution is 2.16. The van der Waals surface area contributed by atoms with E-state index in [4.69, 9.17) is 26.1 Å². The molecule has 27 heavy (non-hydrogen) atoms. The summed E-state index contributed by atoms with van der Waals surface area (Å²) < 4.78 is 11.0. The number of hydrogen-bond donors (Lipinski definition) is 1. The van der Waals surface area contributed by atoms with Crippen LogP contribution in [0.4, 0.5) is 0 Å². The standard InChI is InChI=1S/C20H32ClN3O2.HI/c1-3-22-20(23-12-9-17-7-4-5-8-19(17)21)24-13-10-18(11-14-24)26-16-6-15-25-2;/h4-5,7-8,18H,3,6,9-16H2,1-2H3,(H,22,23);1H. The molecule has 0 atom stereocenters. The van der Waals surface area contributed by atoms with E-state index in [2.05, 4.69) is 23.2 Å². The maximum absolute atomic E-state index is 6.23. The Morgan fingerprint density at radius 2 is 2.00 bits per heavy atom. The molecule has 1 aliphatic heterocycles. The van der Waals surface area contributed by atoms with Crippen molar-refractivity contribution in [2.24, 2.45) is 4.99 Å². The molecule has 0 radical (unpaired) electrons. The fourth-order valence-electron chi connectivity index (χ4n) is 3.10. The van der Waals surface area contributed by atoms with Crippen LogP contribution in [0.5, 0.6) is 0 Å². The number of methoxy groups -OCH3 is 1. The largest absolute Gasteiger partial charge is 0.385 e. The number of guanidine groups is 1. The molecule has 5 nitrogen and oxygen atoms in total. The number of ether oxygens (including phenoxy) is 2. The third-order valence-corrected chi connectivity index (χ3v) is 4.89. The summed E-state index contributed by atoms with van der Waals surface area (Å²) in [6.07, 6.45) is 4.26. The zero-order chi connectivity index (χ0) is 18.6. The molecular formula is C20H33ClIN3O2. The fraction of sp³-hybridized carbons (Fsp3) is 0.650. The maximum Gasteiger partial charge on any atom is 0.193 e. The second-order valence-corrected chi connectivity index (χ2v) is 6.89. The number of aliphatic imine (C=N–C) groups is 1. The molecule has 0 spiro atoms. The SMILES string of the molecule is CCNC(=NCCc1ccccc1Cl)N1CCC(OCCCOC)CC1.I. The molecule has 0 unspecified atom stereocenters. The summed E-state index contributed by atoms with van der Waals surface area (Å²) in [7, 11) is 1.73. The first kappa shape index (κ1) is 24.5.